The van der Waals surface area contributed by atoms with Gasteiger partial charge in [-0.15, -0.1) is 45.0 Å². The fraction of sp³-hybridized carbons (Fsp3) is 0.909. The van der Waals surface area contributed by atoms with E-state index in [4.69, 9.17) is 38.3 Å². The first-order valence-corrected chi connectivity index (χ1v) is 12.6. The number of halogens is 3. The van der Waals surface area contributed by atoms with Crippen LogP contribution in [0.25, 0.3) is 0 Å². The summed E-state index contributed by atoms with van der Waals surface area (Å²) >= 11 is 18.8. The Balaban J connectivity index is 3.74. The lowest BCUT2D eigenvalue weighted by Gasteiger charge is -2.12. The average molecular weight is 352 g/mol. The van der Waals surface area contributed by atoms with Gasteiger partial charge in [0.1, 0.15) is 5.25 Å². The van der Waals surface area contributed by atoms with Gasteiger partial charge in [-0.05, 0) is 24.6 Å². The summed E-state index contributed by atoms with van der Waals surface area (Å²) in [7, 11) is 0. The molecule has 0 aliphatic carbocycles. The van der Waals surface area contributed by atoms with Crippen LogP contribution in [0.3, 0.4) is 0 Å². The van der Waals surface area contributed by atoms with Crippen LogP contribution < -0.4 is 0 Å². The highest BCUT2D eigenvalue weighted by Gasteiger charge is 2.24. The molecule has 0 radical (unpaired) electrons. The van der Waals surface area contributed by atoms with E-state index in [9.17, 15) is 4.79 Å². The van der Waals surface area contributed by atoms with Crippen LogP contribution in [0.2, 0.25) is 6.04 Å². The summed E-state index contributed by atoms with van der Waals surface area (Å²) in [4.78, 5) is 11.1. The molecule has 0 aromatic carbocycles. The van der Waals surface area contributed by atoms with Crippen molar-refractivity contribution in [2.45, 2.75) is 56.7 Å². The van der Waals surface area contributed by atoms with Gasteiger partial charge in [0, 0.05) is 0 Å². The average Bonchev–Trinajstić information content (AvgIpc) is 2.25. The van der Waals surface area contributed by atoms with Gasteiger partial charge in [-0.2, -0.15) is 0 Å². The molecule has 108 valence electrons. The van der Waals surface area contributed by atoms with Crippen molar-refractivity contribution < 1.29 is 9.90 Å². The highest BCUT2D eigenvalue weighted by Crippen LogP contribution is 2.28. The van der Waals surface area contributed by atoms with Gasteiger partial charge in [-0.25, -0.2) is 0 Å². The van der Waals surface area contributed by atoms with Crippen molar-refractivity contribution in [1.29, 1.82) is 0 Å². The van der Waals surface area contributed by atoms with Gasteiger partial charge in [0.15, 0.2) is 0 Å². The number of unbranched alkanes of at least 4 members (excludes halogenated alkanes) is 3. The summed E-state index contributed by atoms with van der Waals surface area (Å²) in [5, 5.41) is 8.79. The van der Waals surface area contributed by atoms with E-state index in [2.05, 4.69) is 6.92 Å². The number of hydrogen-bond donors (Lipinski definition) is 1. The van der Waals surface area contributed by atoms with E-state index in [0.717, 1.165) is 31.4 Å². The van der Waals surface area contributed by atoms with Crippen molar-refractivity contribution in [2.24, 2.45) is 0 Å². The second kappa shape index (κ2) is 10.7. The number of carbonyl (C=O) groups is 1. The minimum atomic E-state index is -2.54. The summed E-state index contributed by atoms with van der Waals surface area (Å²) in [6.45, 7) is 2.14. The van der Waals surface area contributed by atoms with Crippen molar-refractivity contribution in [1.82, 2.24) is 0 Å². The molecule has 1 unspecified atom stereocenters. The van der Waals surface area contributed by atoms with Crippen molar-refractivity contribution in [3.05, 3.63) is 0 Å². The molecule has 0 saturated carbocycles. The number of rotatable bonds is 11. The molecule has 0 spiro atoms. The quantitative estimate of drug-likeness (QED) is 0.316. The Bertz CT molecular complexity index is 237. The third-order valence-corrected chi connectivity index (χ3v) is 6.50. The maximum absolute atomic E-state index is 11.1. The van der Waals surface area contributed by atoms with Crippen molar-refractivity contribution >= 4 is 57.0 Å². The van der Waals surface area contributed by atoms with Gasteiger partial charge in [0.05, 0.1) is 0 Å². The van der Waals surface area contributed by atoms with Gasteiger partial charge in [-0.1, -0.05) is 32.6 Å². The largest absolute Gasteiger partial charge is 0.480 e. The standard InChI is InChI=1S/C11H21Cl3O2SSi/c1-2-3-4-5-7-10(11(15)16)17-8-6-9-18(12,13)14/h10H,2-9H2,1H3,(H,15,16). The third-order valence-electron chi connectivity index (χ3n) is 2.52. The molecule has 18 heavy (non-hydrogen) atoms. The highest BCUT2D eigenvalue weighted by atomic mass is 35.8. The van der Waals surface area contributed by atoms with Crippen molar-refractivity contribution in [3.63, 3.8) is 0 Å². The van der Waals surface area contributed by atoms with Crippen LogP contribution in [0.15, 0.2) is 0 Å². The normalized spacial score (nSPS) is 13.6. The van der Waals surface area contributed by atoms with Gasteiger partial charge in [-0.3, -0.25) is 4.79 Å². The molecule has 0 amide bonds. The Morgan fingerprint density at radius 2 is 1.89 bits per heavy atom. The summed E-state index contributed by atoms with van der Waals surface area (Å²) in [5.41, 5.74) is 0. The predicted molar refractivity (Wildman–Crippen MR) is 85.4 cm³/mol. The number of carboxylic acid groups (broad SMARTS) is 1. The van der Waals surface area contributed by atoms with Crippen LogP contribution in [0, 0.1) is 0 Å². The Morgan fingerprint density at radius 3 is 2.39 bits per heavy atom. The van der Waals surface area contributed by atoms with E-state index in [1.165, 1.54) is 24.6 Å². The maximum Gasteiger partial charge on any atom is 0.341 e. The lowest BCUT2D eigenvalue weighted by atomic mass is 10.1. The SMILES string of the molecule is CCCCCCC(SCCC[Si](Cl)(Cl)Cl)C(=O)O. The Hall–Kier alpha value is 0.907. The Morgan fingerprint density at radius 1 is 1.22 bits per heavy atom. The zero-order valence-electron chi connectivity index (χ0n) is 10.6. The minimum Gasteiger partial charge on any atom is -0.480 e. The smallest absolute Gasteiger partial charge is 0.341 e. The zero-order valence-corrected chi connectivity index (χ0v) is 14.7. The van der Waals surface area contributed by atoms with E-state index >= 15 is 0 Å². The maximum atomic E-state index is 11.1. The first-order chi connectivity index (χ1) is 8.37. The molecule has 0 heterocycles. The van der Waals surface area contributed by atoms with Gasteiger partial charge < -0.3 is 5.11 Å². The summed E-state index contributed by atoms with van der Waals surface area (Å²) < 4.78 is 0. The Labute approximate surface area is 129 Å². The first-order valence-electron chi connectivity index (χ1n) is 6.28. The minimum absolute atomic E-state index is 0.307. The van der Waals surface area contributed by atoms with E-state index < -0.39 is 12.0 Å². The molecule has 2 nitrogen and oxygen atoms in total. The predicted octanol–water partition coefficient (Wildman–Crippen LogP) is 5.19. The zero-order chi connectivity index (χ0) is 14.0. The number of hydrogen-bond acceptors (Lipinski definition) is 2. The molecular weight excluding hydrogens is 331 g/mol. The van der Waals surface area contributed by atoms with Crippen LogP contribution in [0.5, 0.6) is 0 Å². The molecule has 1 atom stereocenters. The summed E-state index contributed by atoms with van der Waals surface area (Å²) in [6.07, 6.45) is 5.96. The van der Waals surface area contributed by atoms with E-state index in [0.29, 0.717) is 6.04 Å². The fourth-order valence-electron chi connectivity index (χ4n) is 1.53. The van der Waals surface area contributed by atoms with Crippen molar-refractivity contribution in [2.75, 3.05) is 5.75 Å². The lowest BCUT2D eigenvalue weighted by molar-refractivity contribution is -0.136. The molecule has 0 aromatic heterocycles. The number of carboxylic acids is 1. The van der Waals surface area contributed by atoms with Crippen LogP contribution in [0.4, 0.5) is 0 Å². The molecule has 7 heteroatoms. The van der Waals surface area contributed by atoms with Gasteiger partial charge >= 0.3 is 12.0 Å². The van der Waals surface area contributed by atoms with E-state index in [1.807, 2.05) is 0 Å². The van der Waals surface area contributed by atoms with Crippen LogP contribution in [0.1, 0.15) is 45.4 Å². The lowest BCUT2D eigenvalue weighted by Crippen LogP contribution is -2.17. The highest BCUT2D eigenvalue weighted by molar-refractivity contribution is 8.00. The summed E-state index contributed by atoms with van der Waals surface area (Å²) in [5.74, 6) is 0.0358. The molecular formula is C11H21Cl3O2SSi. The molecule has 0 aromatic rings. The van der Waals surface area contributed by atoms with Gasteiger partial charge in [0.25, 0.3) is 0 Å². The molecule has 0 saturated heterocycles. The van der Waals surface area contributed by atoms with Gasteiger partial charge in [0.2, 0.25) is 0 Å². The first kappa shape index (κ1) is 18.9. The van der Waals surface area contributed by atoms with Crippen molar-refractivity contribution in [3.8, 4) is 0 Å². The Kier molecular flexibility index (Phi) is 11.2. The monoisotopic (exact) mass is 350 g/mol. The second-order valence-corrected chi connectivity index (χ2v) is 14.9. The fourth-order valence-corrected chi connectivity index (χ4v) is 4.64. The third kappa shape index (κ3) is 12.0. The van der Waals surface area contributed by atoms with Crippen LogP contribution in [-0.2, 0) is 4.79 Å². The molecule has 1 N–H and O–H groups in total. The molecule has 0 rings (SSSR count). The second-order valence-electron chi connectivity index (χ2n) is 4.27. The number of thioether (sulfide) groups is 1. The van der Waals surface area contributed by atoms with Crippen LogP contribution in [-0.4, -0.2) is 28.1 Å². The van der Waals surface area contributed by atoms with Crippen LogP contribution >= 0.6 is 45.0 Å². The molecule has 0 aliphatic rings. The molecule has 0 fully saturated rings. The molecule has 0 aliphatic heterocycles. The van der Waals surface area contributed by atoms with E-state index in [-0.39, 0.29) is 5.25 Å². The molecule has 0 bridgehead atoms. The summed E-state index contributed by atoms with van der Waals surface area (Å²) in [6, 6.07) is -1.93. The van der Waals surface area contributed by atoms with E-state index in [1.54, 1.807) is 0 Å². The topological polar surface area (TPSA) is 37.3 Å². The number of aliphatic carboxylic acids is 1.